The van der Waals surface area contributed by atoms with Crippen LogP contribution in [-0.2, 0) is 11.3 Å². The molecule has 1 spiro atoms. The molecule has 1 atom stereocenters. The lowest BCUT2D eigenvalue weighted by atomic mass is 9.87. The molecular formula is C14H23IN4OS. The molecule has 0 aromatic carbocycles. The zero-order valence-electron chi connectivity index (χ0n) is 12.6. The van der Waals surface area contributed by atoms with Crippen molar-refractivity contribution in [2.75, 3.05) is 33.4 Å². The highest BCUT2D eigenvalue weighted by molar-refractivity contribution is 14.0. The molecule has 0 radical (unpaired) electrons. The normalized spacial score (nSPS) is 25.4. The van der Waals surface area contributed by atoms with E-state index in [0.717, 1.165) is 43.8 Å². The minimum absolute atomic E-state index is 0. The van der Waals surface area contributed by atoms with Gasteiger partial charge in [-0.25, -0.2) is 4.98 Å². The fourth-order valence-corrected chi connectivity index (χ4v) is 3.81. The van der Waals surface area contributed by atoms with Gasteiger partial charge in [0.2, 0.25) is 0 Å². The van der Waals surface area contributed by atoms with E-state index in [1.165, 1.54) is 17.7 Å². The second-order valence-corrected chi connectivity index (χ2v) is 7.04. The Kier molecular flexibility index (Phi) is 5.84. The largest absolute Gasteiger partial charge is 0.381 e. The van der Waals surface area contributed by atoms with Crippen LogP contribution in [0.1, 0.15) is 22.7 Å². The molecule has 2 saturated heterocycles. The number of likely N-dealkylation sites (tertiary alicyclic amines) is 1. The molecule has 2 fully saturated rings. The molecule has 0 amide bonds. The smallest absolute Gasteiger partial charge is 0.193 e. The maximum absolute atomic E-state index is 5.58. The summed E-state index contributed by atoms with van der Waals surface area (Å²) < 4.78 is 5.58. The number of nitrogens with zero attached hydrogens (tertiary/aromatic N) is 3. The van der Waals surface area contributed by atoms with Crippen LogP contribution in [0.2, 0.25) is 0 Å². The molecule has 1 unspecified atom stereocenters. The van der Waals surface area contributed by atoms with Gasteiger partial charge in [-0.1, -0.05) is 0 Å². The molecular weight excluding hydrogens is 399 g/mol. The number of hydrogen-bond donors (Lipinski definition) is 1. The average molecular weight is 422 g/mol. The van der Waals surface area contributed by atoms with Gasteiger partial charge in [-0.2, -0.15) is 0 Å². The minimum Gasteiger partial charge on any atom is -0.381 e. The molecule has 1 aromatic rings. The van der Waals surface area contributed by atoms with Crippen molar-refractivity contribution in [3.63, 3.8) is 0 Å². The van der Waals surface area contributed by atoms with Gasteiger partial charge in [0.1, 0.15) is 0 Å². The van der Waals surface area contributed by atoms with Gasteiger partial charge >= 0.3 is 0 Å². The SMILES string of the molecule is CN=C(NCc1cnc(C)s1)N1CCC2(CCOC2)C1.I. The summed E-state index contributed by atoms with van der Waals surface area (Å²) in [6, 6.07) is 0. The summed E-state index contributed by atoms with van der Waals surface area (Å²) in [6.07, 6.45) is 4.35. The zero-order valence-corrected chi connectivity index (χ0v) is 15.7. The van der Waals surface area contributed by atoms with Crippen molar-refractivity contribution >= 4 is 41.3 Å². The maximum Gasteiger partial charge on any atom is 0.193 e. The molecule has 1 N–H and O–H groups in total. The fourth-order valence-electron chi connectivity index (χ4n) is 3.07. The lowest BCUT2D eigenvalue weighted by Crippen LogP contribution is -2.41. The number of aromatic nitrogens is 1. The second kappa shape index (κ2) is 7.23. The Bertz CT molecular complexity index is 499. The minimum atomic E-state index is 0. The van der Waals surface area contributed by atoms with Crippen LogP contribution in [0, 0.1) is 12.3 Å². The molecule has 2 aliphatic rings. The number of guanidine groups is 1. The Hall–Kier alpha value is -0.410. The third kappa shape index (κ3) is 3.87. The number of nitrogens with one attached hydrogen (secondary N) is 1. The van der Waals surface area contributed by atoms with E-state index >= 15 is 0 Å². The molecule has 1 aromatic heterocycles. The number of thiazole rings is 1. The highest BCUT2D eigenvalue weighted by Gasteiger charge is 2.42. The number of aliphatic imine (C=N–C) groups is 1. The Morgan fingerprint density at radius 2 is 2.43 bits per heavy atom. The van der Waals surface area contributed by atoms with Crippen molar-refractivity contribution in [3.05, 3.63) is 16.1 Å². The molecule has 5 nitrogen and oxygen atoms in total. The van der Waals surface area contributed by atoms with Gasteiger partial charge in [0.25, 0.3) is 0 Å². The highest BCUT2D eigenvalue weighted by Crippen LogP contribution is 2.38. The number of aryl methyl sites for hydroxylation is 1. The summed E-state index contributed by atoms with van der Waals surface area (Å²) in [5.41, 5.74) is 0.374. The van der Waals surface area contributed by atoms with Gasteiger partial charge in [-0.05, 0) is 19.8 Å². The topological polar surface area (TPSA) is 49.8 Å². The van der Waals surface area contributed by atoms with Crippen LogP contribution in [0.5, 0.6) is 0 Å². The summed E-state index contributed by atoms with van der Waals surface area (Å²) >= 11 is 1.73. The number of hydrogen-bond acceptors (Lipinski definition) is 4. The standard InChI is InChI=1S/C14H22N4OS.HI/c1-11-16-7-12(20-11)8-17-13(15-2)18-5-3-14(9-18)4-6-19-10-14;/h7H,3-6,8-10H2,1-2H3,(H,15,17);1H. The summed E-state index contributed by atoms with van der Waals surface area (Å²) in [6.45, 7) is 6.80. The van der Waals surface area contributed by atoms with E-state index in [1.807, 2.05) is 20.2 Å². The van der Waals surface area contributed by atoms with Crippen LogP contribution in [0.3, 0.4) is 0 Å². The Balaban J connectivity index is 0.00000161. The predicted octanol–water partition coefficient (Wildman–Crippen LogP) is 2.26. The molecule has 21 heavy (non-hydrogen) atoms. The van der Waals surface area contributed by atoms with Crippen LogP contribution < -0.4 is 5.32 Å². The molecule has 0 saturated carbocycles. The van der Waals surface area contributed by atoms with Gasteiger partial charge in [-0.3, -0.25) is 4.99 Å². The molecule has 0 aliphatic carbocycles. The lowest BCUT2D eigenvalue weighted by molar-refractivity contribution is 0.156. The van der Waals surface area contributed by atoms with Gasteiger partial charge in [-0.15, -0.1) is 35.3 Å². The molecule has 118 valence electrons. The van der Waals surface area contributed by atoms with Crippen LogP contribution in [-0.4, -0.2) is 49.2 Å². The maximum atomic E-state index is 5.58. The van der Waals surface area contributed by atoms with E-state index in [1.54, 1.807) is 11.3 Å². The first-order valence-corrected chi connectivity index (χ1v) is 7.97. The van der Waals surface area contributed by atoms with Gasteiger partial charge in [0, 0.05) is 43.2 Å². The third-order valence-electron chi connectivity index (χ3n) is 4.22. The highest BCUT2D eigenvalue weighted by atomic mass is 127. The Labute approximate surface area is 147 Å². The van der Waals surface area contributed by atoms with Crippen LogP contribution >= 0.6 is 35.3 Å². The van der Waals surface area contributed by atoms with Gasteiger partial charge in [0.05, 0.1) is 18.2 Å². The fraction of sp³-hybridized carbons (Fsp3) is 0.714. The second-order valence-electron chi connectivity index (χ2n) is 5.72. The first kappa shape index (κ1) is 17.0. The van der Waals surface area contributed by atoms with E-state index in [-0.39, 0.29) is 24.0 Å². The first-order valence-electron chi connectivity index (χ1n) is 7.15. The first-order chi connectivity index (χ1) is 9.71. The van der Waals surface area contributed by atoms with Crippen LogP contribution in [0.15, 0.2) is 11.2 Å². The summed E-state index contributed by atoms with van der Waals surface area (Å²) in [7, 11) is 1.86. The van der Waals surface area contributed by atoms with Crippen LogP contribution in [0.4, 0.5) is 0 Å². The molecule has 0 bridgehead atoms. The van der Waals surface area contributed by atoms with Gasteiger partial charge in [0.15, 0.2) is 5.96 Å². The number of halogens is 1. The van der Waals surface area contributed by atoms with Gasteiger partial charge < -0.3 is 15.0 Å². The predicted molar refractivity (Wildman–Crippen MR) is 96.5 cm³/mol. The van der Waals surface area contributed by atoms with E-state index in [0.29, 0.717) is 5.41 Å². The van der Waals surface area contributed by atoms with Crippen molar-refractivity contribution in [1.82, 2.24) is 15.2 Å². The average Bonchev–Trinajstić information content (AvgIpc) is 3.15. The monoisotopic (exact) mass is 422 g/mol. The van der Waals surface area contributed by atoms with Crippen molar-refractivity contribution < 1.29 is 4.74 Å². The van der Waals surface area contributed by atoms with Crippen LogP contribution in [0.25, 0.3) is 0 Å². The summed E-state index contributed by atoms with van der Waals surface area (Å²) in [5, 5.41) is 4.56. The van der Waals surface area contributed by atoms with E-state index in [9.17, 15) is 0 Å². The molecule has 7 heteroatoms. The lowest BCUT2D eigenvalue weighted by Gasteiger charge is -2.24. The van der Waals surface area contributed by atoms with E-state index in [2.05, 4.69) is 20.2 Å². The van der Waals surface area contributed by atoms with Crippen molar-refractivity contribution in [2.24, 2.45) is 10.4 Å². The van der Waals surface area contributed by atoms with E-state index in [4.69, 9.17) is 4.74 Å². The molecule has 3 heterocycles. The van der Waals surface area contributed by atoms with E-state index < -0.39 is 0 Å². The summed E-state index contributed by atoms with van der Waals surface area (Å²) in [4.78, 5) is 12.3. The number of rotatable bonds is 2. The van der Waals surface area contributed by atoms with Crippen molar-refractivity contribution in [2.45, 2.75) is 26.3 Å². The zero-order chi connectivity index (χ0) is 14.0. The van der Waals surface area contributed by atoms with Crippen molar-refractivity contribution in [3.8, 4) is 0 Å². The third-order valence-corrected chi connectivity index (χ3v) is 5.14. The number of ether oxygens (including phenoxy) is 1. The quantitative estimate of drug-likeness (QED) is 0.452. The Morgan fingerprint density at radius 3 is 3.05 bits per heavy atom. The van der Waals surface area contributed by atoms with Crippen molar-refractivity contribution in [1.29, 1.82) is 0 Å². The molecule has 3 rings (SSSR count). The Morgan fingerprint density at radius 1 is 1.57 bits per heavy atom. The molecule has 2 aliphatic heterocycles. The summed E-state index contributed by atoms with van der Waals surface area (Å²) in [5.74, 6) is 1.000.